The zero-order valence-corrected chi connectivity index (χ0v) is 15.7. The highest BCUT2D eigenvalue weighted by Crippen LogP contribution is 2.25. The van der Waals surface area contributed by atoms with Gasteiger partial charge in [-0.1, -0.05) is 18.5 Å². The van der Waals surface area contributed by atoms with Gasteiger partial charge in [-0.2, -0.15) is 0 Å². The fraction of sp³-hybridized carbons (Fsp3) is 0.389. The van der Waals surface area contributed by atoms with Gasteiger partial charge < -0.3 is 14.7 Å². The van der Waals surface area contributed by atoms with Crippen molar-refractivity contribution in [3.8, 4) is 5.75 Å². The van der Waals surface area contributed by atoms with E-state index in [9.17, 15) is 9.90 Å². The third-order valence-corrected chi connectivity index (χ3v) is 5.06. The van der Waals surface area contributed by atoms with Crippen LogP contribution in [0.4, 0.5) is 0 Å². The van der Waals surface area contributed by atoms with Gasteiger partial charge in [-0.15, -0.1) is 11.3 Å². The van der Waals surface area contributed by atoms with Crippen LogP contribution in [0.25, 0.3) is 0 Å². The first kappa shape index (κ1) is 18.8. The summed E-state index contributed by atoms with van der Waals surface area (Å²) in [7, 11) is 1.54. The van der Waals surface area contributed by atoms with E-state index < -0.39 is 0 Å². The molecule has 24 heavy (non-hydrogen) atoms. The molecule has 0 saturated heterocycles. The highest BCUT2D eigenvalue weighted by molar-refractivity contribution is 7.11. The maximum Gasteiger partial charge on any atom is 0.254 e. The standard InChI is InChI=1S/C18H22ClNO3S/c1-4-15(11-21)20(10-17-6-5-12(2)24-17)18(22)13-7-14(19)9-16(8-13)23-3/h5-9,15,21H,4,10-11H2,1-3H3/t15-/m0/s1. The minimum absolute atomic E-state index is 0.0791. The zero-order valence-electron chi connectivity index (χ0n) is 14.1. The smallest absolute Gasteiger partial charge is 0.254 e. The molecule has 1 heterocycles. The average molecular weight is 368 g/mol. The Hall–Kier alpha value is -1.56. The number of ether oxygens (including phenoxy) is 1. The molecule has 0 spiro atoms. The quantitative estimate of drug-likeness (QED) is 0.800. The molecule has 2 aromatic rings. The molecule has 1 aromatic carbocycles. The Morgan fingerprint density at radius 3 is 2.67 bits per heavy atom. The molecule has 4 nitrogen and oxygen atoms in total. The summed E-state index contributed by atoms with van der Waals surface area (Å²) in [6.45, 7) is 4.38. The van der Waals surface area contributed by atoms with Gasteiger partial charge in [0, 0.05) is 20.3 Å². The van der Waals surface area contributed by atoms with Gasteiger partial charge in [0.1, 0.15) is 5.75 Å². The second kappa shape index (κ2) is 8.51. The summed E-state index contributed by atoms with van der Waals surface area (Å²) in [6.07, 6.45) is 0.671. The number of hydrogen-bond acceptors (Lipinski definition) is 4. The fourth-order valence-corrected chi connectivity index (χ4v) is 3.64. The van der Waals surface area contributed by atoms with Crippen molar-refractivity contribution in [3.05, 3.63) is 50.7 Å². The molecule has 130 valence electrons. The summed E-state index contributed by atoms with van der Waals surface area (Å²) in [5.41, 5.74) is 0.458. The van der Waals surface area contributed by atoms with Crippen LogP contribution in [0.15, 0.2) is 30.3 Å². The molecular formula is C18H22ClNO3S. The van der Waals surface area contributed by atoms with Crippen LogP contribution in [0.2, 0.25) is 5.02 Å². The Kier molecular flexibility index (Phi) is 6.66. The van der Waals surface area contributed by atoms with Gasteiger partial charge in [0.15, 0.2) is 0 Å². The third kappa shape index (κ3) is 4.50. The number of halogens is 1. The SMILES string of the molecule is CC[C@@H](CO)N(Cc1ccc(C)s1)C(=O)c1cc(Cl)cc(OC)c1. The molecule has 0 fully saturated rings. The monoisotopic (exact) mass is 367 g/mol. The van der Waals surface area contributed by atoms with E-state index in [4.69, 9.17) is 16.3 Å². The molecule has 2 rings (SSSR count). The lowest BCUT2D eigenvalue weighted by Gasteiger charge is -2.30. The first-order valence-corrected chi connectivity index (χ1v) is 8.99. The summed E-state index contributed by atoms with van der Waals surface area (Å²) < 4.78 is 5.20. The number of aryl methyl sites for hydroxylation is 1. The van der Waals surface area contributed by atoms with E-state index in [1.54, 1.807) is 34.4 Å². The Morgan fingerprint density at radius 1 is 1.38 bits per heavy atom. The lowest BCUT2D eigenvalue weighted by molar-refractivity contribution is 0.0566. The molecule has 0 aliphatic rings. The van der Waals surface area contributed by atoms with Crippen LogP contribution in [-0.2, 0) is 6.54 Å². The first-order valence-electron chi connectivity index (χ1n) is 7.80. The molecule has 0 bridgehead atoms. The molecule has 1 N–H and O–H groups in total. The maximum atomic E-state index is 13.0. The van der Waals surface area contributed by atoms with Crippen LogP contribution in [0, 0.1) is 6.92 Å². The highest BCUT2D eigenvalue weighted by atomic mass is 35.5. The number of aliphatic hydroxyl groups excluding tert-OH is 1. The Balaban J connectivity index is 2.34. The number of methoxy groups -OCH3 is 1. The Labute approximate surface area is 151 Å². The fourth-order valence-electron chi connectivity index (χ4n) is 2.52. The number of amides is 1. The van der Waals surface area contributed by atoms with Crippen LogP contribution in [-0.4, -0.2) is 35.7 Å². The predicted molar refractivity (Wildman–Crippen MR) is 98.1 cm³/mol. The molecule has 0 aliphatic heterocycles. The van der Waals surface area contributed by atoms with Crippen molar-refractivity contribution in [2.45, 2.75) is 32.9 Å². The van der Waals surface area contributed by atoms with Crippen molar-refractivity contribution in [2.75, 3.05) is 13.7 Å². The van der Waals surface area contributed by atoms with E-state index in [2.05, 4.69) is 0 Å². The number of carbonyl (C=O) groups is 1. The summed E-state index contributed by atoms with van der Waals surface area (Å²) in [5.74, 6) is 0.373. The summed E-state index contributed by atoms with van der Waals surface area (Å²) in [4.78, 5) is 17.0. The number of hydrogen-bond donors (Lipinski definition) is 1. The van der Waals surface area contributed by atoms with E-state index in [0.29, 0.717) is 29.3 Å². The molecular weight excluding hydrogens is 346 g/mol. The lowest BCUT2D eigenvalue weighted by atomic mass is 10.1. The van der Waals surface area contributed by atoms with Crippen LogP contribution in [0.5, 0.6) is 5.75 Å². The van der Waals surface area contributed by atoms with Crippen LogP contribution in [0.1, 0.15) is 33.5 Å². The van der Waals surface area contributed by atoms with Gasteiger partial charge in [0.25, 0.3) is 5.91 Å². The van der Waals surface area contributed by atoms with Crippen molar-refractivity contribution in [3.63, 3.8) is 0 Å². The molecule has 0 radical (unpaired) electrons. The van der Waals surface area contributed by atoms with Crippen LogP contribution in [0.3, 0.4) is 0 Å². The van der Waals surface area contributed by atoms with E-state index in [-0.39, 0.29) is 18.6 Å². The molecule has 0 aliphatic carbocycles. The Bertz CT molecular complexity index is 697. The summed E-state index contributed by atoms with van der Waals surface area (Å²) in [5, 5.41) is 10.1. The molecule has 6 heteroatoms. The minimum Gasteiger partial charge on any atom is -0.497 e. The minimum atomic E-state index is -0.245. The second-order valence-electron chi connectivity index (χ2n) is 5.57. The van der Waals surface area contributed by atoms with Crippen LogP contribution >= 0.6 is 22.9 Å². The molecule has 1 atom stereocenters. The normalized spacial score (nSPS) is 12.0. The number of benzene rings is 1. The largest absolute Gasteiger partial charge is 0.497 e. The zero-order chi connectivity index (χ0) is 17.7. The van der Waals surface area contributed by atoms with Crippen molar-refractivity contribution < 1.29 is 14.6 Å². The summed E-state index contributed by atoms with van der Waals surface area (Å²) >= 11 is 7.74. The van der Waals surface area contributed by atoms with Crippen LogP contribution < -0.4 is 4.74 Å². The van der Waals surface area contributed by atoms with Crippen molar-refractivity contribution >= 4 is 28.8 Å². The number of nitrogens with zero attached hydrogens (tertiary/aromatic N) is 1. The summed E-state index contributed by atoms with van der Waals surface area (Å²) in [6, 6.07) is 8.77. The van der Waals surface area contributed by atoms with Gasteiger partial charge >= 0.3 is 0 Å². The third-order valence-electron chi connectivity index (χ3n) is 3.86. The molecule has 1 aromatic heterocycles. The van der Waals surface area contributed by atoms with Gasteiger partial charge in [0.05, 0.1) is 26.3 Å². The van der Waals surface area contributed by atoms with E-state index in [1.807, 2.05) is 26.0 Å². The van der Waals surface area contributed by atoms with Crippen molar-refractivity contribution in [1.29, 1.82) is 0 Å². The predicted octanol–water partition coefficient (Wildman–Crippen LogP) is 4.13. The van der Waals surface area contributed by atoms with Gasteiger partial charge in [-0.25, -0.2) is 0 Å². The first-order chi connectivity index (χ1) is 11.5. The molecule has 0 saturated carbocycles. The number of thiophene rings is 1. The van der Waals surface area contributed by atoms with Gasteiger partial charge in [0.2, 0.25) is 0 Å². The highest BCUT2D eigenvalue weighted by Gasteiger charge is 2.24. The van der Waals surface area contributed by atoms with Crippen molar-refractivity contribution in [1.82, 2.24) is 4.90 Å². The number of carbonyl (C=O) groups excluding carboxylic acids is 1. The second-order valence-corrected chi connectivity index (χ2v) is 7.38. The maximum absolute atomic E-state index is 13.0. The number of rotatable bonds is 7. The molecule has 0 unspecified atom stereocenters. The molecule has 1 amide bonds. The number of aliphatic hydroxyl groups is 1. The van der Waals surface area contributed by atoms with Gasteiger partial charge in [-0.3, -0.25) is 4.79 Å². The van der Waals surface area contributed by atoms with Crippen molar-refractivity contribution in [2.24, 2.45) is 0 Å². The van der Waals surface area contributed by atoms with Gasteiger partial charge in [-0.05, 0) is 43.7 Å². The topological polar surface area (TPSA) is 49.8 Å². The van der Waals surface area contributed by atoms with E-state index in [0.717, 1.165) is 4.88 Å². The average Bonchev–Trinajstić information content (AvgIpc) is 2.98. The Morgan fingerprint density at radius 2 is 2.12 bits per heavy atom. The lowest BCUT2D eigenvalue weighted by Crippen LogP contribution is -2.41. The van der Waals surface area contributed by atoms with E-state index in [1.165, 1.54) is 12.0 Å². The van der Waals surface area contributed by atoms with E-state index >= 15 is 0 Å².